The van der Waals surface area contributed by atoms with Crippen molar-refractivity contribution in [3.8, 4) is 0 Å². The monoisotopic (exact) mass is 185 g/mol. The summed E-state index contributed by atoms with van der Waals surface area (Å²) in [6.45, 7) is 2.07. The second-order valence-electron chi connectivity index (χ2n) is 3.82. The zero-order valence-electron chi connectivity index (χ0n) is 8.25. The van der Waals surface area contributed by atoms with Crippen molar-refractivity contribution in [3.63, 3.8) is 0 Å². The molecule has 13 heavy (non-hydrogen) atoms. The molecular weight excluding hydrogens is 166 g/mol. The third-order valence-corrected chi connectivity index (χ3v) is 2.56. The first-order chi connectivity index (χ1) is 6.22. The standard InChI is InChI=1S/C10H19NO2/c1-2-3-9(12)6-4-8-5-7-10(13)11-8/h8-9,12H,2-7H2,1H3,(H,11,13). The minimum atomic E-state index is -0.178. The third kappa shape index (κ3) is 3.77. The quantitative estimate of drug-likeness (QED) is 0.676. The number of carbonyl (C=O) groups is 1. The van der Waals surface area contributed by atoms with Crippen LogP contribution in [0.3, 0.4) is 0 Å². The summed E-state index contributed by atoms with van der Waals surface area (Å²) >= 11 is 0. The minimum absolute atomic E-state index is 0.162. The molecule has 0 radical (unpaired) electrons. The first-order valence-electron chi connectivity index (χ1n) is 5.19. The fourth-order valence-electron chi connectivity index (χ4n) is 1.76. The van der Waals surface area contributed by atoms with Gasteiger partial charge in [-0.3, -0.25) is 4.79 Å². The Hall–Kier alpha value is -0.570. The highest BCUT2D eigenvalue weighted by Crippen LogP contribution is 2.14. The lowest BCUT2D eigenvalue weighted by molar-refractivity contribution is -0.119. The Morgan fingerprint density at radius 2 is 2.38 bits per heavy atom. The van der Waals surface area contributed by atoms with Crippen LogP contribution in [0.4, 0.5) is 0 Å². The van der Waals surface area contributed by atoms with Crippen LogP contribution in [0.1, 0.15) is 45.4 Å². The predicted molar refractivity (Wildman–Crippen MR) is 51.3 cm³/mol. The number of nitrogens with one attached hydrogen (secondary N) is 1. The van der Waals surface area contributed by atoms with Crippen molar-refractivity contribution < 1.29 is 9.90 Å². The maximum Gasteiger partial charge on any atom is 0.220 e. The summed E-state index contributed by atoms with van der Waals surface area (Å²) in [6.07, 6.45) is 5.07. The number of hydrogen-bond donors (Lipinski definition) is 2. The molecule has 1 amide bonds. The van der Waals surface area contributed by atoms with E-state index >= 15 is 0 Å². The van der Waals surface area contributed by atoms with E-state index in [2.05, 4.69) is 12.2 Å². The van der Waals surface area contributed by atoms with Gasteiger partial charge in [-0.25, -0.2) is 0 Å². The van der Waals surface area contributed by atoms with Gasteiger partial charge in [0.1, 0.15) is 0 Å². The minimum Gasteiger partial charge on any atom is -0.393 e. The lowest BCUT2D eigenvalue weighted by atomic mass is 10.0. The van der Waals surface area contributed by atoms with E-state index in [0.29, 0.717) is 12.5 Å². The van der Waals surface area contributed by atoms with Crippen molar-refractivity contribution in [1.29, 1.82) is 0 Å². The van der Waals surface area contributed by atoms with Crippen LogP contribution in [-0.4, -0.2) is 23.2 Å². The molecule has 1 saturated heterocycles. The average molecular weight is 185 g/mol. The van der Waals surface area contributed by atoms with Gasteiger partial charge in [0.25, 0.3) is 0 Å². The van der Waals surface area contributed by atoms with E-state index < -0.39 is 0 Å². The lowest BCUT2D eigenvalue weighted by Gasteiger charge is -2.13. The summed E-state index contributed by atoms with van der Waals surface area (Å²) in [5.41, 5.74) is 0. The molecule has 1 rings (SSSR count). The van der Waals surface area contributed by atoms with E-state index in [0.717, 1.165) is 32.1 Å². The summed E-state index contributed by atoms with van der Waals surface area (Å²) in [5, 5.41) is 12.4. The van der Waals surface area contributed by atoms with Crippen LogP contribution in [0.2, 0.25) is 0 Å². The normalized spacial score (nSPS) is 24.5. The van der Waals surface area contributed by atoms with Gasteiger partial charge in [-0.2, -0.15) is 0 Å². The molecule has 0 aliphatic carbocycles. The van der Waals surface area contributed by atoms with Gasteiger partial charge in [0, 0.05) is 12.5 Å². The number of aliphatic hydroxyl groups is 1. The highest BCUT2D eigenvalue weighted by Gasteiger charge is 2.20. The first-order valence-corrected chi connectivity index (χ1v) is 5.19. The summed E-state index contributed by atoms with van der Waals surface area (Å²) in [6, 6.07) is 0.319. The number of hydrogen-bond acceptors (Lipinski definition) is 2. The first kappa shape index (κ1) is 10.5. The van der Waals surface area contributed by atoms with Crippen molar-refractivity contribution in [2.24, 2.45) is 0 Å². The molecule has 1 fully saturated rings. The Balaban J connectivity index is 2.08. The predicted octanol–water partition coefficient (Wildman–Crippen LogP) is 1.21. The molecule has 2 atom stereocenters. The van der Waals surface area contributed by atoms with Crippen LogP contribution >= 0.6 is 0 Å². The smallest absolute Gasteiger partial charge is 0.220 e. The molecule has 0 saturated carbocycles. The highest BCUT2D eigenvalue weighted by molar-refractivity contribution is 5.78. The molecule has 76 valence electrons. The summed E-state index contributed by atoms with van der Waals surface area (Å²) in [5.74, 6) is 0.162. The van der Waals surface area contributed by atoms with Gasteiger partial charge in [0.2, 0.25) is 5.91 Å². The van der Waals surface area contributed by atoms with Gasteiger partial charge in [-0.15, -0.1) is 0 Å². The van der Waals surface area contributed by atoms with Gasteiger partial charge in [0.15, 0.2) is 0 Å². The molecule has 0 spiro atoms. The maximum atomic E-state index is 10.9. The van der Waals surface area contributed by atoms with Gasteiger partial charge in [0.05, 0.1) is 6.10 Å². The van der Waals surface area contributed by atoms with E-state index in [1.165, 1.54) is 0 Å². The fraction of sp³-hybridized carbons (Fsp3) is 0.900. The van der Waals surface area contributed by atoms with Crippen molar-refractivity contribution in [1.82, 2.24) is 5.32 Å². The number of aliphatic hydroxyl groups excluding tert-OH is 1. The van der Waals surface area contributed by atoms with Gasteiger partial charge < -0.3 is 10.4 Å². The molecule has 2 unspecified atom stereocenters. The zero-order valence-corrected chi connectivity index (χ0v) is 8.25. The SMILES string of the molecule is CCCC(O)CCC1CCC(=O)N1. The van der Waals surface area contributed by atoms with Gasteiger partial charge >= 0.3 is 0 Å². The largest absolute Gasteiger partial charge is 0.393 e. The second-order valence-corrected chi connectivity index (χ2v) is 3.82. The van der Waals surface area contributed by atoms with E-state index in [1.807, 2.05) is 0 Å². The molecule has 0 aromatic heterocycles. The summed E-state index contributed by atoms with van der Waals surface area (Å²) in [7, 11) is 0. The van der Waals surface area contributed by atoms with E-state index in [1.54, 1.807) is 0 Å². The average Bonchev–Trinajstić information content (AvgIpc) is 2.49. The van der Waals surface area contributed by atoms with Crippen LogP contribution in [0.15, 0.2) is 0 Å². The zero-order chi connectivity index (χ0) is 9.68. The van der Waals surface area contributed by atoms with Crippen molar-refractivity contribution in [3.05, 3.63) is 0 Å². The van der Waals surface area contributed by atoms with Crippen LogP contribution in [0.5, 0.6) is 0 Å². The fourth-order valence-corrected chi connectivity index (χ4v) is 1.76. The van der Waals surface area contributed by atoms with Crippen molar-refractivity contribution in [2.75, 3.05) is 0 Å². The molecule has 2 N–H and O–H groups in total. The molecule has 1 aliphatic rings. The topological polar surface area (TPSA) is 49.3 Å². The Kier molecular flexibility index (Phi) is 4.22. The lowest BCUT2D eigenvalue weighted by Crippen LogP contribution is -2.26. The Morgan fingerprint density at radius 1 is 1.62 bits per heavy atom. The summed E-state index contributed by atoms with van der Waals surface area (Å²) in [4.78, 5) is 10.9. The number of carbonyl (C=O) groups excluding carboxylic acids is 1. The van der Waals surface area contributed by atoms with Gasteiger partial charge in [-0.1, -0.05) is 13.3 Å². The van der Waals surface area contributed by atoms with E-state index in [-0.39, 0.29) is 12.0 Å². The Bertz CT molecular complexity index is 170. The third-order valence-electron chi connectivity index (χ3n) is 2.56. The Labute approximate surface area is 79.5 Å². The molecule has 0 aromatic carbocycles. The van der Waals surface area contributed by atoms with E-state index in [4.69, 9.17) is 0 Å². The van der Waals surface area contributed by atoms with E-state index in [9.17, 15) is 9.90 Å². The molecule has 0 aromatic rings. The van der Waals surface area contributed by atoms with Crippen LogP contribution in [0.25, 0.3) is 0 Å². The Morgan fingerprint density at radius 3 is 2.92 bits per heavy atom. The second kappa shape index (κ2) is 5.22. The molecule has 3 heteroatoms. The van der Waals surface area contributed by atoms with Crippen molar-refractivity contribution >= 4 is 5.91 Å². The van der Waals surface area contributed by atoms with Crippen LogP contribution < -0.4 is 5.32 Å². The highest BCUT2D eigenvalue weighted by atomic mass is 16.3. The molecule has 3 nitrogen and oxygen atoms in total. The molecular formula is C10H19NO2. The number of rotatable bonds is 5. The number of amides is 1. The maximum absolute atomic E-state index is 10.9. The molecule has 1 aliphatic heterocycles. The molecule has 0 bridgehead atoms. The summed E-state index contributed by atoms with van der Waals surface area (Å²) < 4.78 is 0. The molecule has 1 heterocycles. The van der Waals surface area contributed by atoms with Crippen LogP contribution in [-0.2, 0) is 4.79 Å². The van der Waals surface area contributed by atoms with Crippen molar-refractivity contribution in [2.45, 2.75) is 57.6 Å². The van der Waals surface area contributed by atoms with Crippen LogP contribution in [0, 0.1) is 0 Å². The van der Waals surface area contributed by atoms with Gasteiger partial charge in [-0.05, 0) is 25.7 Å².